The summed E-state index contributed by atoms with van der Waals surface area (Å²) in [5.74, 6) is 1.42. The van der Waals surface area contributed by atoms with Crippen molar-refractivity contribution in [3.8, 4) is 0 Å². The molecule has 88 valence electrons. The van der Waals surface area contributed by atoms with Gasteiger partial charge in [0.15, 0.2) is 0 Å². The molecule has 0 spiro atoms. The Hall–Kier alpha value is -1.00. The van der Waals surface area contributed by atoms with Crippen LogP contribution in [0.15, 0.2) is 12.3 Å². The third-order valence-corrected chi connectivity index (χ3v) is 2.85. The third-order valence-electron chi connectivity index (χ3n) is 2.85. The van der Waals surface area contributed by atoms with E-state index in [1.165, 1.54) is 0 Å². The number of hydrogen-bond acceptors (Lipinski definition) is 4. The molecule has 1 aromatic heterocycles. The van der Waals surface area contributed by atoms with Gasteiger partial charge in [0.1, 0.15) is 5.82 Å². The van der Waals surface area contributed by atoms with Crippen molar-refractivity contribution in [2.75, 3.05) is 13.2 Å². The van der Waals surface area contributed by atoms with Crippen LogP contribution in [0.3, 0.4) is 0 Å². The summed E-state index contributed by atoms with van der Waals surface area (Å²) >= 11 is 0. The Bertz CT molecular complexity index is 335. The lowest BCUT2D eigenvalue weighted by atomic mass is 9.99. The molecule has 1 fully saturated rings. The first-order chi connectivity index (χ1) is 7.75. The van der Waals surface area contributed by atoms with Gasteiger partial charge in [0.25, 0.3) is 0 Å². The summed E-state index contributed by atoms with van der Waals surface area (Å²) in [6.07, 6.45) is 4.72. The van der Waals surface area contributed by atoms with E-state index in [1.54, 1.807) is 0 Å². The molecule has 2 heterocycles. The van der Waals surface area contributed by atoms with Gasteiger partial charge in [-0.25, -0.2) is 9.97 Å². The molecule has 1 aliphatic heterocycles. The van der Waals surface area contributed by atoms with E-state index in [2.05, 4.69) is 9.97 Å². The van der Waals surface area contributed by atoms with Gasteiger partial charge in [0, 0.05) is 43.5 Å². The molecule has 16 heavy (non-hydrogen) atoms. The van der Waals surface area contributed by atoms with Gasteiger partial charge < -0.3 is 10.5 Å². The summed E-state index contributed by atoms with van der Waals surface area (Å²) in [5, 5.41) is 0. The highest BCUT2D eigenvalue weighted by Gasteiger charge is 2.18. The molecular formula is C12H19N3O. The van der Waals surface area contributed by atoms with E-state index in [0.717, 1.165) is 44.0 Å². The van der Waals surface area contributed by atoms with E-state index in [0.29, 0.717) is 5.92 Å². The molecule has 2 N–H and O–H groups in total. The number of nitrogens with zero attached hydrogens (tertiary/aromatic N) is 2. The van der Waals surface area contributed by atoms with Crippen molar-refractivity contribution >= 4 is 0 Å². The van der Waals surface area contributed by atoms with Gasteiger partial charge in [-0.3, -0.25) is 0 Å². The van der Waals surface area contributed by atoms with Crippen molar-refractivity contribution in [1.82, 2.24) is 9.97 Å². The van der Waals surface area contributed by atoms with Crippen LogP contribution in [0.4, 0.5) is 0 Å². The Balaban J connectivity index is 2.08. The van der Waals surface area contributed by atoms with Crippen LogP contribution in [-0.4, -0.2) is 29.2 Å². The number of nitrogens with two attached hydrogens (primary N) is 1. The number of ether oxygens (including phenoxy) is 1. The second-order valence-electron chi connectivity index (χ2n) is 4.47. The second kappa shape index (κ2) is 5.37. The fraction of sp³-hybridized carbons (Fsp3) is 0.667. The first kappa shape index (κ1) is 11.5. The molecule has 1 aromatic rings. The van der Waals surface area contributed by atoms with Crippen LogP contribution in [0.5, 0.6) is 0 Å². The summed E-state index contributed by atoms with van der Waals surface area (Å²) in [4.78, 5) is 8.95. The normalized spacial score (nSPS) is 19.6. The van der Waals surface area contributed by atoms with Crippen LogP contribution in [0, 0.1) is 0 Å². The lowest BCUT2D eigenvalue weighted by Crippen LogP contribution is -2.20. The van der Waals surface area contributed by atoms with E-state index < -0.39 is 0 Å². The monoisotopic (exact) mass is 221 g/mol. The molecule has 0 amide bonds. The highest BCUT2D eigenvalue weighted by Crippen LogP contribution is 2.23. The average Bonchev–Trinajstić information content (AvgIpc) is 2.30. The van der Waals surface area contributed by atoms with Gasteiger partial charge >= 0.3 is 0 Å². The predicted octanol–water partition coefficient (Wildman–Crippen LogP) is 1.26. The largest absolute Gasteiger partial charge is 0.381 e. The lowest BCUT2D eigenvalue weighted by Gasteiger charge is -2.21. The summed E-state index contributed by atoms with van der Waals surface area (Å²) in [7, 11) is 0. The topological polar surface area (TPSA) is 61.0 Å². The zero-order valence-electron chi connectivity index (χ0n) is 9.72. The Morgan fingerprint density at radius 3 is 2.94 bits per heavy atom. The van der Waals surface area contributed by atoms with Crippen molar-refractivity contribution < 1.29 is 4.74 Å². The highest BCUT2D eigenvalue weighted by molar-refractivity contribution is 5.07. The summed E-state index contributed by atoms with van der Waals surface area (Å²) in [5.41, 5.74) is 6.82. The summed E-state index contributed by atoms with van der Waals surface area (Å²) < 4.78 is 5.34. The Morgan fingerprint density at radius 1 is 1.50 bits per heavy atom. The molecule has 4 nitrogen and oxygen atoms in total. The molecule has 0 saturated carbocycles. The molecule has 2 rings (SSSR count). The van der Waals surface area contributed by atoms with Crippen molar-refractivity contribution in [2.24, 2.45) is 5.73 Å². The maximum atomic E-state index is 5.77. The molecular weight excluding hydrogens is 202 g/mol. The zero-order chi connectivity index (χ0) is 11.4. The Kier molecular flexibility index (Phi) is 3.85. The first-order valence-electron chi connectivity index (χ1n) is 5.91. The quantitative estimate of drug-likeness (QED) is 0.834. The van der Waals surface area contributed by atoms with Crippen LogP contribution < -0.4 is 5.73 Å². The van der Waals surface area contributed by atoms with Crippen LogP contribution in [-0.2, 0) is 11.2 Å². The van der Waals surface area contributed by atoms with E-state index in [-0.39, 0.29) is 6.04 Å². The Labute approximate surface area is 96.2 Å². The molecule has 0 aromatic carbocycles. The van der Waals surface area contributed by atoms with Crippen molar-refractivity contribution in [2.45, 2.75) is 38.1 Å². The van der Waals surface area contributed by atoms with Gasteiger partial charge in [-0.15, -0.1) is 0 Å². The standard InChI is InChI=1S/C12H19N3O/c1-9(13)8-11-2-5-14-12(15-11)10-3-6-16-7-4-10/h2,5,9-10H,3-4,6-8,13H2,1H3. The molecule has 1 atom stereocenters. The van der Waals surface area contributed by atoms with E-state index in [9.17, 15) is 0 Å². The van der Waals surface area contributed by atoms with E-state index in [1.807, 2.05) is 19.2 Å². The van der Waals surface area contributed by atoms with Crippen molar-refractivity contribution in [1.29, 1.82) is 0 Å². The summed E-state index contributed by atoms with van der Waals surface area (Å²) in [6, 6.07) is 2.10. The van der Waals surface area contributed by atoms with Crippen LogP contribution in [0.2, 0.25) is 0 Å². The number of rotatable bonds is 3. The van der Waals surface area contributed by atoms with Crippen LogP contribution in [0.1, 0.15) is 37.2 Å². The number of aromatic nitrogens is 2. The molecule has 4 heteroatoms. The molecule has 1 saturated heterocycles. The van der Waals surface area contributed by atoms with E-state index >= 15 is 0 Å². The minimum Gasteiger partial charge on any atom is -0.381 e. The van der Waals surface area contributed by atoms with Gasteiger partial charge in [-0.2, -0.15) is 0 Å². The van der Waals surface area contributed by atoms with Crippen molar-refractivity contribution in [3.05, 3.63) is 23.8 Å². The number of hydrogen-bond donors (Lipinski definition) is 1. The first-order valence-corrected chi connectivity index (χ1v) is 5.91. The average molecular weight is 221 g/mol. The maximum Gasteiger partial charge on any atom is 0.131 e. The second-order valence-corrected chi connectivity index (χ2v) is 4.47. The molecule has 0 radical (unpaired) electrons. The Morgan fingerprint density at radius 2 is 2.25 bits per heavy atom. The minimum absolute atomic E-state index is 0.150. The molecule has 1 aliphatic rings. The fourth-order valence-corrected chi connectivity index (χ4v) is 2.01. The highest BCUT2D eigenvalue weighted by atomic mass is 16.5. The molecule has 0 aliphatic carbocycles. The smallest absolute Gasteiger partial charge is 0.131 e. The summed E-state index contributed by atoms with van der Waals surface area (Å²) in [6.45, 7) is 3.65. The molecule has 0 bridgehead atoms. The SMILES string of the molecule is CC(N)Cc1ccnc(C2CCOCC2)n1. The van der Waals surface area contributed by atoms with Gasteiger partial charge in [-0.1, -0.05) is 0 Å². The van der Waals surface area contributed by atoms with Gasteiger partial charge in [-0.05, 0) is 25.8 Å². The lowest BCUT2D eigenvalue weighted by molar-refractivity contribution is 0.0835. The van der Waals surface area contributed by atoms with Gasteiger partial charge in [0.2, 0.25) is 0 Å². The van der Waals surface area contributed by atoms with Crippen LogP contribution in [0.25, 0.3) is 0 Å². The zero-order valence-corrected chi connectivity index (χ0v) is 9.72. The third kappa shape index (κ3) is 3.00. The van der Waals surface area contributed by atoms with Crippen LogP contribution >= 0.6 is 0 Å². The van der Waals surface area contributed by atoms with E-state index in [4.69, 9.17) is 10.5 Å². The molecule has 1 unspecified atom stereocenters. The van der Waals surface area contributed by atoms with Gasteiger partial charge in [0.05, 0.1) is 0 Å². The predicted molar refractivity (Wildman–Crippen MR) is 62.2 cm³/mol. The minimum atomic E-state index is 0.150. The van der Waals surface area contributed by atoms with Crippen molar-refractivity contribution in [3.63, 3.8) is 0 Å². The maximum absolute atomic E-state index is 5.77. The fourth-order valence-electron chi connectivity index (χ4n) is 2.01.